The zero-order valence-corrected chi connectivity index (χ0v) is 12.5. The molecule has 2 N–H and O–H groups in total. The van der Waals surface area contributed by atoms with Gasteiger partial charge in [0.2, 0.25) is 0 Å². The average Bonchev–Trinajstić information content (AvgIpc) is 2.78. The molecule has 2 rings (SSSR count). The maximum Gasteiger partial charge on any atom is 0.145 e. The molecule has 0 unspecified atom stereocenters. The van der Waals surface area contributed by atoms with E-state index in [-0.39, 0.29) is 10.8 Å². The van der Waals surface area contributed by atoms with Crippen molar-refractivity contribution >= 4 is 22.9 Å². The Kier molecular flexibility index (Phi) is 4.55. The Labute approximate surface area is 121 Å². The number of nitrogens with two attached hydrogens (primary N) is 1. The predicted octanol–water partition coefficient (Wildman–Crippen LogP) is 4.11. The molecule has 0 aliphatic carbocycles. The van der Waals surface area contributed by atoms with Crippen LogP contribution in [0.3, 0.4) is 0 Å². The molecule has 19 heavy (non-hydrogen) atoms. The number of rotatable bonds is 4. The van der Waals surface area contributed by atoms with Crippen molar-refractivity contribution in [2.45, 2.75) is 32.7 Å². The Morgan fingerprint density at radius 1 is 1.42 bits per heavy atom. The highest BCUT2D eigenvalue weighted by atomic mass is 35.5. The van der Waals surface area contributed by atoms with Crippen molar-refractivity contribution in [2.24, 2.45) is 5.73 Å². The second-order valence-electron chi connectivity index (χ2n) is 4.66. The summed E-state index contributed by atoms with van der Waals surface area (Å²) in [5.74, 6) is -0.0347. The third kappa shape index (κ3) is 3.14. The van der Waals surface area contributed by atoms with Gasteiger partial charge < -0.3 is 5.73 Å². The maximum absolute atomic E-state index is 13.9. The lowest BCUT2D eigenvalue weighted by Crippen LogP contribution is -1.99. The number of aromatic nitrogens is 1. The second kappa shape index (κ2) is 5.99. The van der Waals surface area contributed by atoms with Gasteiger partial charge in [-0.05, 0) is 17.5 Å². The van der Waals surface area contributed by atoms with Crippen LogP contribution >= 0.6 is 22.9 Å². The number of nitrogens with zero attached hydrogens (tertiary/aromatic N) is 1. The van der Waals surface area contributed by atoms with Crippen LogP contribution in [0.2, 0.25) is 5.02 Å². The smallest absolute Gasteiger partial charge is 0.145 e. The maximum atomic E-state index is 13.9. The van der Waals surface area contributed by atoms with Crippen LogP contribution in [0, 0.1) is 5.82 Å². The molecule has 0 spiro atoms. The van der Waals surface area contributed by atoms with Crippen LogP contribution in [0.5, 0.6) is 0 Å². The normalized spacial score (nSPS) is 11.3. The van der Waals surface area contributed by atoms with Gasteiger partial charge in [-0.3, -0.25) is 0 Å². The molecule has 1 heterocycles. The summed E-state index contributed by atoms with van der Waals surface area (Å²) in [6, 6.07) is 5.04. The lowest BCUT2D eigenvalue weighted by molar-refractivity contribution is 0.614. The minimum Gasteiger partial charge on any atom is -0.326 e. The standard InChI is InChI=1S/C14H16ClFN2S/c1-8(2)14-11(7-17)19-12(18-14)6-9-4-3-5-10(15)13(9)16/h3-5,8H,6-7,17H2,1-2H3. The van der Waals surface area contributed by atoms with E-state index >= 15 is 0 Å². The Morgan fingerprint density at radius 3 is 2.74 bits per heavy atom. The van der Waals surface area contributed by atoms with Crippen LogP contribution in [-0.4, -0.2) is 4.98 Å². The van der Waals surface area contributed by atoms with Crippen LogP contribution in [0.15, 0.2) is 18.2 Å². The first kappa shape index (κ1) is 14.4. The van der Waals surface area contributed by atoms with Crippen molar-refractivity contribution in [3.63, 3.8) is 0 Å². The van der Waals surface area contributed by atoms with Gasteiger partial charge in [-0.25, -0.2) is 9.37 Å². The minimum absolute atomic E-state index is 0.150. The van der Waals surface area contributed by atoms with E-state index in [2.05, 4.69) is 18.8 Å². The lowest BCUT2D eigenvalue weighted by atomic mass is 10.1. The number of halogens is 2. The zero-order valence-electron chi connectivity index (χ0n) is 10.9. The molecule has 0 aliphatic heterocycles. The van der Waals surface area contributed by atoms with Gasteiger partial charge >= 0.3 is 0 Å². The summed E-state index contributed by atoms with van der Waals surface area (Å²) in [5, 5.41) is 1.03. The SMILES string of the molecule is CC(C)c1nc(Cc2cccc(Cl)c2F)sc1CN. The van der Waals surface area contributed by atoms with Gasteiger partial charge in [0.05, 0.1) is 15.7 Å². The number of hydrogen-bond acceptors (Lipinski definition) is 3. The van der Waals surface area contributed by atoms with Crippen LogP contribution in [0.1, 0.15) is 40.9 Å². The molecule has 1 aromatic carbocycles. The molecule has 2 nitrogen and oxygen atoms in total. The van der Waals surface area contributed by atoms with Gasteiger partial charge in [0, 0.05) is 17.8 Å². The van der Waals surface area contributed by atoms with Crippen LogP contribution < -0.4 is 5.73 Å². The summed E-state index contributed by atoms with van der Waals surface area (Å²) in [5.41, 5.74) is 7.31. The molecule has 0 atom stereocenters. The molecular weight excluding hydrogens is 283 g/mol. The van der Waals surface area contributed by atoms with Gasteiger partial charge in [-0.2, -0.15) is 0 Å². The van der Waals surface area contributed by atoms with E-state index in [1.807, 2.05) is 0 Å². The molecule has 0 bridgehead atoms. The molecule has 102 valence electrons. The molecule has 5 heteroatoms. The highest BCUT2D eigenvalue weighted by Crippen LogP contribution is 2.27. The minimum atomic E-state index is -0.361. The van der Waals surface area contributed by atoms with Gasteiger partial charge in [-0.1, -0.05) is 37.6 Å². The summed E-state index contributed by atoms with van der Waals surface area (Å²) >= 11 is 7.33. The van der Waals surface area contributed by atoms with Gasteiger partial charge in [-0.15, -0.1) is 11.3 Å². The van der Waals surface area contributed by atoms with Crippen molar-refractivity contribution < 1.29 is 4.39 Å². The summed E-state index contributed by atoms with van der Waals surface area (Å²) in [7, 11) is 0. The zero-order chi connectivity index (χ0) is 14.0. The van der Waals surface area contributed by atoms with E-state index in [0.29, 0.717) is 24.4 Å². The quantitative estimate of drug-likeness (QED) is 0.922. The first-order valence-electron chi connectivity index (χ1n) is 6.14. The van der Waals surface area contributed by atoms with E-state index in [9.17, 15) is 4.39 Å². The third-order valence-corrected chi connectivity index (χ3v) is 4.26. The fourth-order valence-electron chi connectivity index (χ4n) is 1.93. The van der Waals surface area contributed by atoms with E-state index < -0.39 is 0 Å². The highest BCUT2D eigenvalue weighted by molar-refractivity contribution is 7.11. The molecule has 0 saturated heterocycles. The second-order valence-corrected chi connectivity index (χ2v) is 6.24. The number of hydrogen-bond donors (Lipinski definition) is 1. The topological polar surface area (TPSA) is 38.9 Å². The number of benzene rings is 1. The Morgan fingerprint density at radius 2 is 2.16 bits per heavy atom. The van der Waals surface area contributed by atoms with Crippen molar-refractivity contribution in [2.75, 3.05) is 0 Å². The van der Waals surface area contributed by atoms with Gasteiger partial charge in [0.15, 0.2) is 0 Å². The molecule has 2 aromatic rings. The largest absolute Gasteiger partial charge is 0.326 e. The third-order valence-electron chi connectivity index (χ3n) is 2.88. The Bertz CT molecular complexity index is 581. The fraction of sp³-hybridized carbons (Fsp3) is 0.357. The first-order chi connectivity index (χ1) is 9.02. The molecule has 0 amide bonds. The Balaban J connectivity index is 2.31. The predicted molar refractivity (Wildman–Crippen MR) is 78.3 cm³/mol. The van der Waals surface area contributed by atoms with E-state index in [4.69, 9.17) is 17.3 Å². The van der Waals surface area contributed by atoms with E-state index in [1.165, 1.54) is 0 Å². The van der Waals surface area contributed by atoms with Crippen molar-refractivity contribution in [3.8, 4) is 0 Å². The monoisotopic (exact) mass is 298 g/mol. The van der Waals surface area contributed by atoms with Crippen molar-refractivity contribution in [1.29, 1.82) is 0 Å². The van der Waals surface area contributed by atoms with Crippen LogP contribution in [-0.2, 0) is 13.0 Å². The summed E-state index contributed by atoms with van der Waals surface area (Å²) in [4.78, 5) is 5.65. The molecule has 1 aromatic heterocycles. The Hall–Kier alpha value is -0.970. The summed E-state index contributed by atoms with van der Waals surface area (Å²) < 4.78 is 13.9. The number of thiazole rings is 1. The molecule has 0 fully saturated rings. The highest BCUT2D eigenvalue weighted by Gasteiger charge is 2.15. The van der Waals surface area contributed by atoms with Crippen molar-refractivity contribution in [3.05, 3.63) is 50.2 Å². The summed E-state index contributed by atoms with van der Waals surface area (Å²) in [6.45, 7) is 4.64. The van der Waals surface area contributed by atoms with Crippen LogP contribution in [0.4, 0.5) is 4.39 Å². The van der Waals surface area contributed by atoms with Gasteiger partial charge in [0.1, 0.15) is 5.82 Å². The van der Waals surface area contributed by atoms with Gasteiger partial charge in [0.25, 0.3) is 0 Å². The van der Waals surface area contributed by atoms with E-state index in [0.717, 1.165) is 15.6 Å². The summed E-state index contributed by atoms with van der Waals surface area (Å²) in [6.07, 6.45) is 0.455. The van der Waals surface area contributed by atoms with Crippen molar-refractivity contribution in [1.82, 2.24) is 4.98 Å². The first-order valence-corrected chi connectivity index (χ1v) is 7.33. The lowest BCUT2D eigenvalue weighted by Gasteiger charge is -2.02. The average molecular weight is 299 g/mol. The molecular formula is C14H16ClFN2S. The molecule has 0 radical (unpaired) electrons. The molecule has 0 saturated carbocycles. The molecule has 0 aliphatic rings. The van der Waals surface area contributed by atoms with E-state index in [1.54, 1.807) is 29.5 Å². The van der Waals surface area contributed by atoms with Crippen LogP contribution in [0.25, 0.3) is 0 Å². The fourth-order valence-corrected chi connectivity index (χ4v) is 3.25.